The molecule has 1 saturated heterocycles. The zero-order valence-corrected chi connectivity index (χ0v) is 17.4. The van der Waals surface area contributed by atoms with Crippen molar-refractivity contribution in [3.8, 4) is 0 Å². The Morgan fingerprint density at radius 3 is 1.75 bits per heavy atom. The van der Waals surface area contributed by atoms with Crippen molar-refractivity contribution in [2.75, 3.05) is 31.6 Å². The fraction of sp³-hybridized carbons (Fsp3) is 0.571. The van der Waals surface area contributed by atoms with Crippen LogP contribution >= 0.6 is 0 Å². The molecule has 0 bridgehead atoms. The van der Waals surface area contributed by atoms with Crippen LogP contribution < -0.4 is 29.6 Å². The Morgan fingerprint density at radius 1 is 0.958 bits per heavy atom. The Balaban J connectivity index is 0.00000288. The first kappa shape index (κ1) is 22.0. The van der Waals surface area contributed by atoms with Gasteiger partial charge in [0.05, 0.1) is 40.4 Å². The normalized spacial score (nSPS) is 27.6. The second-order valence-corrected chi connectivity index (χ2v) is 9.49. The minimum absolute atomic E-state index is 0. The van der Waals surface area contributed by atoms with Gasteiger partial charge in [0.1, 0.15) is 6.54 Å². The van der Waals surface area contributed by atoms with Gasteiger partial charge in [0.15, 0.2) is 0 Å². The molecule has 130 valence electrons. The van der Waals surface area contributed by atoms with Crippen molar-refractivity contribution in [3.63, 3.8) is 0 Å². The molecule has 1 aliphatic rings. The zero-order chi connectivity index (χ0) is 17.3. The summed E-state index contributed by atoms with van der Waals surface area (Å²) in [5.41, 5.74) is 1.03. The summed E-state index contributed by atoms with van der Waals surface area (Å²) in [5, 5.41) is 0. The van der Waals surface area contributed by atoms with E-state index in [9.17, 15) is 25.9 Å². The fourth-order valence-electron chi connectivity index (χ4n) is 3.56. The van der Waals surface area contributed by atoms with Gasteiger partial charge in [0.25, 0.3) is 0 Å². The van der Waals surface area contributed by atoms with Gasteiger partial charge in [-0.3, -0.25) is 0 Å². The first-order valence-electron chi connectivity index (χ1n) is 7.20. The molecule has 24 heavy (non-hydrogen) atoms. The van der Waals surface area contributed by atoms with Gasteiger partial charge in [-0.25, -0.2) is 16.8 Å². The first-order valence-corrected chi connectivity index (χ1v) is 10.4. The predicted octanol–water partition coefficient (Wildman–Crippen LogP) is -3.03. The molecular formula is C14H20NNaO6S2. The molecule has 7 nitrogen and oxygen atoms in total. The van der Waals surface area contributed by atoms with Crippen LogP contribution in [0.25, 0.3) is 0 Å². The van der Waals surface area contributed by atoms with Crippen molar-refractivity contribution in [1.82, 2.24) is 0 Å². The molecule has 0 aliphatic carbocycles. The maximum absolute atomic E-state index is 11.1. The van der Waals surface area contributed by atoms with Crippen LogP contribution in [0.1, 0.15) is 5.56 Å². The average Bonchev–Trinajstić information content (AvgIpc) is 2.61. The molecule has 2 atom stereocenters. The Bertz CT molecular complexity index is 709. The standard InChI is InChI=1S/C14H21NO6S2.Na/c1-15(7-12-5-3-2-4-6-12)8-13(10-22(16,17)18)14(9-15)11-23(19,20)21;/h2-6,13-14H,7-11H2,1H3,(H-,16,17,18,19,20,21);/q;+1/p-1. The van der Waals surface area contributed by atoms with E-state index in [4.69, 9.17) is 0 Å². The van der Waals surface area contributed by atoms with Crippen LogP contribution in [0.4, 0.5) is 0 Å². The van der Waals surface area contributed by atoms with Crippen molar-refractivity contribution in [2.45, 2.75) is 6.54 Å². The molecule has 0 aromatic heterocycles. The molecule has 1 aliphatic heterocycles. The number of likely N-dealkylation sites (tertiary alicyclic amines) is 1. The van der Waals surface area contributed by atoms with E-state index in [1.165, 1.54) is 0 Å². The van der Waals surface area contributed by atoms with Crippen LogP contribution in [0.15, 0.2) is 30.3 Å². The smallest absolute Gasteiger partial charge is 0.748 e. The van der Waals surface area contributed by atoms with Gasteiger partial charge in [-0.15, -0.1) is 0 Å². The van der Waals surface area contributed by atoms with Crippen LogP contribution in [0, 0.1) is 11.8 Å². The van der Waals surface area contributed by atoms with E-state index in [-0.39, 0.29) is 29.6 Å². The fourth-order valence-corrected chi connectivity index (χ4v) is 5.36. The molecule has 0 N–H and O–H groups in total. The zero-order valence-electron chi connectivity index (χ0n) is 13.8. The average molecular weight is 385 g/mol. The number of nitrogens with zero attached hydrogens (tertiary/aromatic N) is 1. The Labute approximate surface area is 165 Å². The molecular weight excluding hydrogens is 365 g/mol. The van der Waals surface area contributed by atoms with E-state index in [0.717, 1.165) is 5.56 Å². The molecule has 0 saturated carbocycles. The van der Waals surface area contributed by atoms with E-state index >= 15 is 0 Å². The van der Waals surface area contributed by atoms with Gasteiger partial charge in [0.2, 0.25) is 0 Å². The third-order valence-corrected chi connectivity index (χ3v) is 5.93. The number of hydrogen-bond acceptors (Lipinski definition) is 6. The molecule has 2 unspecified atom stereocenters. The van der Waals surface area contributed by atoms with Gasteiger partial charge in [-0.1, -0.05) is 30.3 Å². The molecule has 0 spiro atoms. The third-order valence-electron chi connectivity index (χ3n) is 4.26. The molecule has 2 rings (SSSR count). The predicted molar refractivity (Wildman–Crippen MR) is 82.2 cm³/mol. The topological polar surface area (TPSA) is 114 Å². The number of hydrogen-bond donors (Lipinski definition) is 0. The van der Waals surface area contributed by atoms with E-state index in [1.54, 1.807) is 0 Å². The Kier molecular flexibility index (Phi) is 7.47. The van der Waals surface area contributed by atoms with Crippen LogP contribution in [0.5, 0.6) is 0 Å². The maximum atomic E-state index is 11.1. The summed E-state index contributed by atoms with van der Waals surface area (Å²) in [5.74, 6) is -2.49. The summed E-state index contributed by atoms with van der Waals surface area (Å²) in [6.45, 7) is 1.30. The SMILES string of the molecule is C[N+]1(Cc2ccccc2)CC(CS(=O)(=O)[O-])C(CS(=O)(=O)[O-])C1.[Na+]. The second-order valence-electron chi connectivity index (χ2n) is 6.60. The minimum atomic E-state index is -4.48. The first-order chi connectivity index (χ1) is 10.5. The molecule has 0 amide bonds. The van der Waals surface area contributed by atoms with Crippen molar-refractivity contribution < 1.29 is 60.0 Å². The summed E-state index contributed by atoms with van der Waals surface area (Å²) in [6, 6.07) is 9.52. The molecule has 1 aromatic rings. The molecule has 0 radical (unpaired) electrons. The van der Waals surface area contributed by atoms with Gasteiger partial charge in [-0.05, 0) is 0 Å². The molecule has 1 fully saturated rings. The van der Waals surface area contributed by atoms with Gasteiger partial charge in [0, 0.05) is 28.9 Å². The van der Waals surface area contributed by atoms with E-state index in [0.29, 0.717) is 24.1 Å². The summed E-state index contributed by atoms with van der Waals surface area (Å²) >= 11 is 0. The van der Waals surface area contributed by atoms with Gasteiger partial charge >= 0.3 is 29.6 Å². The number of quaternary nitrogens is 1. The second kappa shape index (κ2) is 8.13. The Hall–Kier alpha value is -0.000000000000000222. The number of benzene rings is 1. The van der Waals surface area contributed by atoms with E-state index < -0.39 is 43.6 Å². The van der Waals surface area contributed by atoms with Crippen molar-refractivity contribution >= 4 is 20.2 Å². The third kappa shape index (κ3) is 7.09. The molecule has 1 heterocycles. The van der Waals surface area contributed by atoms with Crippen LogP contribution in [0.2, 0.25) is 0 Å². The van der Waals surface area contributed by atoms with Crippen LogP contribution in [-0.4, -0.2) is 62.1 Å². The number of rotatable bonds is 6. The van der Waals surface area contributed by atoms with Gasteiger partial charge < -0.3 is 13.6 Å². The summed E-state index contributed by atoms with van der Waals surface area (Å²) in [4.78, 5) is 0. The summed E-state index contributed by atoms with van der Waals surface area (Å²) in [6.07, 6.45) is 0. The monoisotopic (exact) mass is 385 g/mol. The maximum Gasteiger partial charge on any atom is 1.00 e. The summed E-state index contributed by atoms with van der Waals surface area (Å²) < 4.78 is 66.9. The van der Waals surface area contributed by atoms with Crippen LogP contribution in [-0.2, 0) is 26.8 Å². The largest absolute Gasteiger partial charge is 1.00 e. The minimum Gasteiger partial charge on any atom is -0.748 e. The van der Waals surface area contributed by atoms with Gasteiger partial charge in [-0.2, -0.15) is 0 Å². The van der Waals surface area contributed by atoms with Crippen molar-refractivity contribution in [3.05, 3.63) is 35.9 Å². The van der Waals surface area contributed by atoms with Crippen LogP contribution in [0.3, 0.4) is 0 Å². The summed E-state index contributed by atoms with van der Waals surface area (Å²) in [7, 11) is -7.07. The molecule has 10 heteroatoms. The molecule has 1 aromatic carbocycles. The Morgan fingerprint density at radius 2 is 1.38 bits per heavy atom. The van der Waals surface area contributed by atoms with E-state index in [2.05, 4.69) is 0 Å². The van der Waals surface area contributed by atoms with Crippen molar-refractivity contribution in [1.29, 1.82) is 0 Å². The quantitative estimate of drug-likeness (QED) is 0.292. The van der Waals surface area contributed by atoms with Crippen molar-refractivity contribution in [2.24, 2.45) is 11.8 Å². The van der Waals surface area contributed by atoms with E-state index in [1.807, 2.05) is 37.4 Å².